The summed E-state index contributed by atoms with van der Waals surface area (Å²) in [6, 6.07) is 22.2. The average molecular weight is 397 g/mol. The fraction of sp³-hybridized carbons (Fsp3) is 0.0417. The Kier molecular flexibility index (Phi) is 5.13. The second-order valence-corrected chi connectivity index (χ2v) is 6.79. The zero-order valence-electron chi connectivity index (χ0n) is 16.2. The van der Waals surface area contributed by atoms with Crippen molar-refractivity contribution in [3.8, 4) is 5.69 Å². The lowest BCUT2D eigenvalue weighted by atomic mass is 10.2. The van der Waals surface area contributed by atoms with Crippen molar-refractivity contribution < 1.29 is 14.7 Å². The molecule has 0 aliphatic heterocycles. The van der Waals surface area contributed by atoms with E-state index in [0.717, 1.165) is 22.5 Å². The summed E-state index contributed by atoms with van der Waals surface area (Å²) >= 11 is 0. The van der Waals surface area contributed by atoms with E-state index in [1.807, 2.05) is 71.3 Å². The summed E-state index contributed by atoms with van der Waals surface area (Å²) in [7, 11) is 0. The SMILES string of the molecule is CC(=O)Nc1ccc(C=Cc2nc3cc(C(=O)O)ccc3n2-c2ccccc2)cc1. The van der Waals surface area contributed by atoms with Crippen molar-refractivity contribution in [2.45, 2.75) is 6.92 Å². The molecule has 0 atom stereocenters. The van der Waals surface area contributed by atoms with Crippen molar-refractivity contribution in [2.75, 3.05) is 5.32 Å². The molecule has 0 aliphatic rings. The lowest BCUT2D eigenvalue weighted by molar-refractivity contribution is -0.114. The molecule has 30 heavy (non-hydrogen) atoms. The van der Waals surface area contributed by atoms with Crippen molar-refractivity contribution in [3.63, 3.8) is 0 Å². The molecule has 4 aromatic rings. The zero-order chi connectivity index (χ0) is 21.1. The minimum atomic E-state index is -0.984. The summed E-state index contributed by atoms with van der Waals surface area (Å²) in [5.41, 5.74) is 4.25. The summed E-state index contributed by atoms with van der Waals surface area (Å²) < 4.78 is 1.99. The largest absolute Gasteiger partial charge is 0.478 e. The van der Waals surface area contributed by atoms with E-state index in [1.54, 1.807) is 18.2 Å². The van der Waals surface area contributed by atoms with Crippen molar-refractivity contribution in [1.29, 1.82) is 0 Å². The summed E-state index contributed by atoms with van der Waals surface area (Å²) in [5.74, 6) is -0.414. The van der Waals surface area contributed by atoms with E-state index < -0.39 is 5.97 Å². The Morgan fingerprint density at radius 3 is 2.37 bits per heavy atom. The Morgan fingerprint density at radius 1 is 0.967 bits per heavy atom. The van der Waals surface area contributed by atoms with E-state index in [-0.39, 0.29) is 11.5 Å². The molecular formula is C24H19N3O3. The van der Waals surface area contributed by atoms with Gasteiger partial charge in [0, 0.05) is 18.3 Å². The van der Waals surface area contributed by atoms with Crippen LogP contribution in [0.1, 0.15) is 28.7 Å². The Labute approximate surface area is 173 Å². The molecule has 1 aromatic heterocycles. The lowest BCUT2D eigenvalue weighted by Crippen LogP contribution is -2.05. The molecule has 6 nitrogen and oxygen atoms in total. The van der Waals surface area contributed by atoms with Gasteiger partial charge in [-0.3, -0.25) is 9.36 Å². The minimum Gasteiger partial charge on any atom is -0.478 e. The molecule has 0 radical (unpaired) electrons. The smallest absolute Gasteiger partial charge is 0.335 e. The highest BCUT2D eigenvalue weighted by Crippen LogP contribution is 2.24. The number of imidazole rings is 1. The molecule has 0 fully saturated rings. The number of nitrogens with one attached hydrogen (secondary N) is 1. The third-order valence-corrected chi connectivity index (χ3v) is 4.60. The highest BCUT2D eigenvalue weighted by atomic mass is 16.4. The van der Waals surface area contributed by atoms with Crippen LogP contribution in [0.2, 0.25) is 0 Å². The Hall–Kier alpha value is -4.19. The number of rotatable bonds is 5. The molecule has 0 spiro atoms. The summed E-state index contributed by atoms with van der Waals surface area (Å²) in [6.07, 6.45) is 3.82. The number of anilines is 1. The van der Waals surface area contributed by atoms with Crippen LogP contribution in [0.25, 0.3) is 28.9 Å². The summed E-state index contributed by atoms with van der Waals surface area (Å²) in [5, 5.41) is 12.0. The molecule has 0 bridgehead atoms. The minimum absolute atomic E-state index is 0.115. The van der Waals surface area contributed by atoms with E-state index in [1.165, 1.54) is 6.92 Å². The first-order valence-electron chi connectivity index (χ1n) is 9.38. The van der Waals surface area contributed by atoms with Crippen LogP contribution in [0.5, 0.6) is 0 Å². The maximum atomic E-state index is 11.3. The number of amides is 1. The third-order valence-electron chi connectivity index (χ3n) is 4.60. The number of aromatic carboxylic acids is 1. The zero-order valence-corrected chi connectivity index (χ0v) is 16.2. The van der Waals surface area contributed by atoms with Gasteiger partial charge in [0.05, 0.1) is 16.6 Å². The van der Waals surface area contributed by atoms with Gasteiger partial charge in [0.15, 0.2) is 0 Å². The predicted octanol–water partition coefficient (Wildman–Crippen LogP) is 4.85. The molecule has 6 heteroatoms. The number of hydrogen-bond acceptors (Lipinski definition) is 3. The molecule has 4 rings (SSSR count). The van der Waals surface area contributed by atoms with E-state index in [2.05, 4.69) is 10.3 Å². The molecule has 0 unspecified atom stereocenters. The van der Waals surface area contributed by atoms with Crippen LogP contribution in [-0.2, 0) is 4.79 Å². The Bertz CT molecular complexity index is 1260. The van der Waals surface area contributed by atoms with Crippen molar-refractivity contribution in [1.82, 2.24) is 9.55 Å². The monoisotopic (exact) mass is 397 g/mol. The summed E-state index contributed by atoms with van der Waals surface area (Å²) in [4.78, 5) is 27.2. The molecule has 148 valence electrons. The van der Waals surface area contributed by atoms with Gasteiger partial charge in [-0.2, -0.15) is 0 Å². The van der Waals surface area contributed by atoms with Crippen molar-refractivity contribution in [3.05, 3.63) is 89.7 Å². The molecule has 0 saturated carbocycles. The first kappa shape index (κ1) is 19.1. The highest BCUT2D eigenvalue weighted by molar-refractivity contribution is 5.93. The number of nitrogens with zero attached hydrogens (tertiary/aromatic N) is 2. The van der Waals surface area contributed by atoms with E-state index in [9.17, 15) is 14.7 Å². The number of aromatic nitrogens is 2. The number of benzene rings is 3. The van der Waals surface area contributed by atoms with Crippen LogP contribution < -0.4 is 5.32 Å². The number of carboxylic acid groups (broad SMARTS) is 1. The number of carboxylic acids is 1. The van der Waals surface area contributed by atoms with Crippen molar-refractivity contribution >= 4 is 40.7 Å². The molecule has 0 saturated heterocycles. The molecule has 1 amide bonds. The number of para-hydroxylation sites is 1. The summed E-state index contributed by atoms with van der Waals surface area (Å²) in [6.45, 7) is 1.47. The Morgan fingerprint density at radius 2 is 1.70 bits per heavy atom. The van der Waals surface area contributed by atoms with Gasteiger partial charge in [-0.1, -0.05) is 36.4 Å². The lowest BCUT2D eigenvalue weighted by Gasteiger charge is -2.07. The van der Waals surface area contributed by atoms with Crippen LogP contribution in [0.15, 0.2) is 72.8 Å². The average Bonchev–Trinajstić information content (AvgIpc) is 3.11. The second kappa shape index (κ2) is 8.05. The van der Waals surface area contributed by atoms with Crippen molar-refractivity contribution in [2.24, 2.45) is 0 Å². The standard InChI is InChI=1S/C24H19N3O3/c1-16(28)25-19-11-7-17(8-12-19)9-14-23-26-21-15-18(24(29)30)10-13-22(21)27(23)20-5-3-2-4-6-20/h2-15H,1H3,(H,25,28)(H,29,30). The predicted molar refractivity (Wildman–Crippen MR) is 118 cm³/mol. The van der Waals surface area contributed by atoms with Gasteiger partial charge in [0.25, 0.3) is 0 Å². The van der Waals surface area contributed by atoms with Crippen LogP contribution >= 0.6 is 0 Å². The fourth-order valence-electron chi connectivity index (χ4n) is 3.24. The molecule has 0 aliphatic carbocycles. The number of carbonyl (C=O) groups is 2. The van der Waals surface area contributed by atoms with E-state index in [0.29, 0.717) is 11.3 Å². The van der Waals surface area contributed by atoms with E-state index in [4.69, 9.17) is 0 Å². The second-order valence-electron chi connectivity index (χ2n) is 6.79. The topological polar surface area (TPSA) is 84.2 Å². The Balaban J connectivity index is 1.76. The quantitative estimate of drug-likeness (QED) is 0.504. The van der Waals surface area contributed by atoms with Crippen LogP contribution in [0.4, 0.5) is 5.69 Å². The molecule has 1 heterocycles. The van der Waals surface area contributed by atoms with Gasteiger partial charge in [-0.25, -0.2) is 9.78 Å². The maximum absolute atomic E-state index is 11.3. The molecular weight excluding hydrogens is 378 g/mol. The third kappa shape index (κ3) is 3.98. The number of fused-ring (bicyclic) bond motifs is 1. The first-order valence-corrected chi connectivity index (χ1v) is 9.38. The highest BCUT2D eigenvalue weighted by Gasteiger charge is 2.13. The number of hydrogen-bond donors (Lipinski definition) is 2. The molecule has 3 aromatic carbocycles. The first-order chi connectivity index (χ1) is 14.5. The van der Waals surface area contributed by atoms with Gasteiger partial charge in [0.1, 0.15) is 5.82 Å². The normalized spacial score (nSPS) is 11.1. The van der Waals surface area contributed by atoms with Gasteiger partial charge >= 0.3 is 5.97 Å². The van der Waals surface area contributed by atoms with Gasteiger partial charge in [-0.05, 0) is 54.1 Å². The van der Waals surface area contributed by atoms with Gasteiger partial charge in [-0.15, -0.1) is 0 Å². The van der Waals surface area contributed by atoms with E-state index >= 15 is 0 Å². The van der Waals surface area contributed by atoms with Crippen LogP contribution in [-0.4, -0.2) is 26.5 Å². The number of carbonyl (C=O) groups excluding carboxylic acids is 1. The van der Waals surface area contributed by atoms with Gasteiger partial charge in [0.2, 0.25) is 5.91 Å². The van der Waals surface area contributed by atoms with Crippen LogP contribution in [0, 0.1) is 0 Å². The maximum Gasteiger partial charge on any atom is 0.335 e. The van der Waals surface area contributed by atoms with Crippen LogP contribution in [0.3, 0.4) is 0 Å². The molecule has 2 N–H and O–H groups in total. The van der Waals surface area contributed by atoms with Gasteiger partial charge < -0.3 is 10.4 Å². The fourth-order valence-corrected chi connectivity index (χ4v) is 3.24.